The second-order valence-corrected chi connectivity index (χ2v) is 6.26. The lowest BCUT2D eigenvalue weighted by molar-refractivity contribution is 0.0151. The predicted octanol–water partition coefficient (Wildman–Crippen LogP) is 5.14. The molecule has 25 heavy (non-hydrogen) atoms. The molecule has 0 saturated carbocycles. The normalized spacial score (nSPS) is 11.7. The molecular formula is C22H26O3. The van der Waals surface area contributed by atoms with Gasteiger partial charge in [0.25, 0.3) is 0 Å². The minimum Gasteiger partial charge on any atom is -0.489 e. The Labute approximate surface area is 150 Å². The number of aryl methyl sites for hydroxylation is 1. The number of ether oxygens (including phenoxy) is 2. The molecule has 3 nitrogen and oxygen atoms in total. The van der Waals surface area contributed by atoms with Gasteiger partial charge < -0.3 is 14.6 Å². The molecule has 0 spiro atoms. The molecule has 0 saturated heterocycles. The molecule has 1 atom stereocenters. The number of hydrogen-bond acceptors (Lipinski definition) is 3. The summed E-state index contributed by atoms with van der Waals surface area (Å²) >= 11 is 0. The third-order valence-corrected chi connectivity index (χ3v) is 3.78. The van der Waals surface area contributed by atoms with E-state index in [1.165, 1.54) is 0 Å². The van der Waals surface area contributed by atoms with E-state index in [0.29, 0.717) is 17.9 Å². The second-order valence-electron chi connectivity index (χ2n) is 6.26. The van der Waals surface area contributed by atoms with Crippen molar-refractivity contribution in [2.75, 3.05) is 6.61 Å². The Balaban J connectivity index is 2.20. The summed E-state index contributed by atoms with van der Waals surface area (Å²) in [6.45, 7) is 13.8. The van der Waals surface area contributed by atoms with Gasteiger partial charge in [0, 0.05) is 0 Å². The fourth-order valence-electron chi connectivity index (χ4n) is 2.38. The molecule has 0 heterocycles. The van der Waals surface area contributed by atoms with Crippen LogP contribution in [-0.2, 0) is 6.42 Å². The van der Waals surface area contributed by atoms with E-state index in [0.717, 1.165) is 34.4 Å². The quantitative estimate of drug-likeness (QED) is 0.535. The van der Waals surface area contributed by atoms with Crippen LogP contribution in [0.1, 0.15) is 26.3 Å². The van der Waals surface area contributed by atoms with Crippen LogP contribution in [0.15, 0.2) is 66.8 Å². The van der Waals surface area contributed by atoms with E-state index in [-0.39, 0.29) is 0 Å². The molecule has 1 N–H and O–H groups in total. The Morgan fingerprint density at radius 1 is 1.04 bits per heavy atom. The number of benzene rings is 2. The summed E-state index contributed by atoms with van der Waals surface area (Å²) in [5.41, 5.74) is 4.98. The largest absolute Gasteiger partial charge is 0.489 e. The standard InChI is InChI=1S/C22H26O3/c1-6-17-13-20(25-22(23)16(4)5)11-12-21(17)18-7-9-19(10-8-18)24-14-15(2)3/h7-13,22-23H,2,4,6,14H2,1,3,5H3. The fourth-order valence-corrected chi connectivity index (χ4v) is 2.38. The Kier molecular flexibility index (Phi) is 6.43. The Morgan fingerprint density at radius 3 is 2.24 bits per heavy atom. The molecule has 2 aromatic rings. The summed E-state index contributed by atoms with van der Waals surface area (Å²) in [6, 6.07) is 13.9. The molecule has 2 aromatic carbocycles. The molecule has 0 aliphatic rings. The third-order valence-electron chi connectivity index (χ3n) is 3.78. The topological polar surface area (TPSA) is 38.7 Å². The highest BCUT2D eigenvalue weighted by Crippen LogP contribution is 2.30. The molecule has 2 rings (SSSR count). The van der Waals surface area contributed by atoms with Crippen molar-refractivity contribution < 1.29 is 14.6 Å². The van der Waals surface area contributed by atoms with Crippen LogP contribution < -0.4 is 9.47 Å². The third kappa shape index (κ3) is 5.23. The van der Waals surface area contributed by atoms with Gasteiger partial charge in [0.15, 0.2) is 0 Å². The van der Waals surface area contributed by atoms with Crippen LogP contribution in [0.25, 0.3) is 11.1 Å². The van der Waals surface area contributed by atoms with Gasteiger partial charge >= 0.3 is 0 Å². The van der Waals surface area contributed by atoms with E-state index < -0.39 is 6.29 Å². The van der Waals surface area contributed by atoms with Gasteiger partial charge in [0.1, 0.15) is 18.1 Å². The molecule has 0 fully saturated rings. The summed E-state index contributed by atoms with van der Waals surface area (Å²) in [5.74, 6) is 1.46. The van der Waals surface area contributed by atoms with E-state index in [2.05, 4.69) is 20.1 Å². The first kappa shape index (κ1) is 18.8. The van der Waals surface area contributed by atoms with E-state index in [1.54, 1.807) is 6.92 Å². The molecule has 0 amide bonds. The minimum absolute atomic E-state index is 0.524. The maximum Gasteiger partial charge on any atom is 0.219 e. The number of aliphatic hydroxyl groups excluding tert-OH is 1. The smallest absolute Gasteiger partial charge is 0.219 e. The highest BCUT2D eigenvalue weighted by Gasteiger charge is 2.10. The molecule has 132 valence electrons. The van der Waals surface area contributed by atoms with Crippen molar-refractivity contribution in [3.63, 3.8) is 0 Å². The van der Waals surface area contributed by atoms with Gasteiger partial charge in [-0.3, -0.25) is 0 Å². The van der Waals surface area contributed by atoms with E-state index in [1.807, 2.05) is 49.4 Å². The van der Waals surface area contributed by atoms with Gasteiger partial charge in [-0.05, 0) is 72.4 Å². The lowest BCUT2D eigenvalue weighted by atomic mass is 9.98. The SMILES string of the molecule is C=C(C)COc1ccc(-c2ccc(OC(O)C(=C)C)cc2CC)cc1. The maximum absolute atomic E-state index is 9.81. The Hall–Kier alpha value is -2.52. The van der Waals surface area contributed by atoms with Gasteiger partial charge in [-0.2, -0.15) is 0 Å². The van der Waals surface area contributed by atoms with Crippen molar-refractivity contribution >= 4 is 0 Å². The molecule has 0 aromatic heterocycles. The molecule has 0 aliphatic carbocycles. The van der Waals surface area contributed by atoms with Crippen LogP contribution in [0.5, 0.6) is 11.5 Å². The van der Waals surface area contributed by atoms with Crippen LogP contribution >= 0.6 is 0 Å². The Bertz CT molecular complexity index is 744. The molecule has 0 aliphatic heterocycles. The highest BCUT2D eigenvalue weighted by molar-refractivity contribution is 5.69. The molecule has 0 radical (unpaired) electrons. The van der Waals surface area contributed by atoms with Crippen molar-refractivity contribution in [2.24, 2.45) is 0 Å². The van der Waals surface area contributed by atoms with Crippen LogP contribution in [0.3, 0.4) is 0 Å². The van der Waals surface area contributed by atoms with Crippen molar-refractivity contribution in [1.82, 2.24) is 0 Å². The lowest BCUT2D eigenvalue weighted by Gasteiger charge is -2.16. The van der Waals surface area contributed by atoms with Gasteiger partial charge in [0.2, 0.25) is 6.29 Å². The number of aliphatic hydroxyl groups is 1. The number of rotatable bonds is 8. The first-order chi connectivity index (χ1) is 11.9. The average Bonchev–Trinajstić information content (AvgIpc) is 2.60. The summed E-state index contributed by atoms with van der Waals surface area (Å²) in [4.78, 5) is 0. The van der Waals surface area contributed by atoms with Gasteiger partial charge in [-0.25, -0.2) is 0 Å². The summed E-state index contributed by atoms with van der Waals surface area (Å²) in [6.07, 6.45) is -0.121. The zero-order valence-electron chi connectivity index (χ0n) is 15.2. The van der Waals surface area contributed by atoms with Crippen molar-refractivity contribution in [3.05, 3.63) is 72.3 Å². The van der Waals surface area contributed by atoms with E-state index in [4.69, 9.17) is 9.47 Å². The van der Waals surface area contributed by atoms with Gasteiger partial charge in [0.05, 0.1) is 0 Å². The maximum atomic E-state index is 9.81. The molecule has 1 unspecified atom stereocenters. The summed E-state index contributed by atoms with van der Waals surface area (Å²) in [5, 5.41) is 9.81. The van der Waals surface area contributed by atoms with Crippen LogP contribution in [0.4, 0.5) is 0 Å². The number of hydrogen-bond donors (Lipinski definition) is 1. The lowest BCUT2D eigenvalue weighted by Crippen LogP contribution is -2.16. The van der Waals surface area contributed by atoms with Crippen LogP contribution in [0.2, 0.25) is 0 Å². The van der Waals surface area contributed by atoms with Crippen molar-refractivity contribution in [2.45, 2.75) is 33.5 Å². The second kappa shape index (κ2) is 8.54. The van der Waals surface area contributed by atoms with Crippen LogP contribution in [-0.4, -0.2) is 18.0 Å². The Morgan fingerprint density at radius 2 is 1.68 bits per heavy atom. The van der Waals surface area contributed by atoms with E-state index >= 15 is 0 Å². The van der Waals surface area contributed by atoms with Gasteiger partial charge in [-0.15, -0.1) is 0 Å². The minimum atomic E-state index is -0.986. The highest BCUT2D eigenvalue weighted by atomic mass is 16.6. The summed E-state index contributed by atoms with van der Waals surface area (Å²) < 4.78 is 11.2. The fraction of sp³-hybridized carbons (Fsp3) is 0.273. The first-order valence-electron chi connectivity index (χ1n) is 8.41. The van der Waals surface area contributed by atoms with Gasteiger partial charge in [-0.1, -0.05) is 38.3 Å². The van der Waals surface area contributed by atoms with Crippen molar-refractivity contribution in [3.8, 4) is 22.6 Å². The van der Waals surface area contributed by atoms with Crippen LogP contribution in [0, 0.1) is 0 Å². The zero-order valence-corrected chi connectivity index (χ0v) is 15.2. The van der Waals surface area contributed by atoms with Crippen molar-refractivity contribution in [1.29, 1.82) is 0 Å². The zero-order chi connectivity index (χ0) is 18.4. The van der Waals surface area contributed by atoms with E-state index in [9.17, 15) is 5.11 Å². The monoisotopic (exact) mass is 338 g/mol. The predicted molar refractivity (Wildman–Crippen MR) is 103 cm³/mol. The summed E-state index contributed by atoms with van der Waals surface area (Å²) in [7, 11) is 0. The molecule has 3 heteroatoms. The molecule has 0 bridgehead atoms. The average molecular weight is 338 g/mol. The molecular weight excluding hydrogens is 312 g/mol. The first-order valence-corrected chi connectivity index (χ1v) is 8.41.